The summed E-state index contributed by atoms with van der Waals surface area (Å²) in [6.07, 6.45) is 14.9. The van der Waals surface area contributed by atoms with Crippen LogP contribution in [0.1, 0.15) is 127 Å². The van der Waals surface area contributed by atoms with Crippen molar-refractivity contribution in [3.63, 3.8) is 0 Å². The van der Waals surface area contributed by atoms with E-state index in [0.29, 0.717) is 0 Å². The van der Waals surface area contributed by atoms with Crippen molar-refractivity contribution >= 4 is 73.7 Å². The van der Waals surface area contributed by atoms with Gasteiger partial charge in [0.15, 0.2) is 0 Å². The molecule has 4 unspecified atom stereocenters. The normalized spacial score (nSPS) is 23.6. The average molecular weight is 1080 g/mol. The molecule has 17 rings (SSSR count). The van der Waals surface area contributed by atoms with E-state index < -0.39 is 0 Å². The molecule has 3 saturated carbocycles. The third-order valence-corrected chi connectivity index (χ3v) is 22.4. The van der Waals surface area contributed by atoms with Crippen LogP contribution in [-0.4, -0.2) is 11.3 Å². The molecule has 3 fully saturated rings. The number of hydrogen-bond donors (Lipinski definition) is 0. The molecule has 10 aromatic rings. The van der Waals surface area contributed by atoms with Gasteiger partial charge in [-0.2, -0.15) is 0 Å². The second-order valence-electron chi connectivity index (χ2n) is 27.7. The van der Waals surface area contributed by atoms with Gasteiger partial charge < -0.3 is 14.3 Å². The van der Waals surface area contributed by atoms with Crippen molar-refractivity contribution in [3.05, 3.63) is 228 Å². The number of anilines is 6. The molecule has 0 radical (unpaired) electrons. The van der Waals surface area contributed by atoms with Crippen molar-refractivity contribution in [1.29, 1.82) is 0 Å². The summed E-state index contributed by atoms with van der Waals surface area (Å²) in [5.41, 5.74) is 29.5. The van der Waals surface area contributed by atoms with Crippen LogP contribution in [0.15, 0.2) is 200 Å². The van der Waals surface area contributed by atoms with Gasteiger partial charge in [-0.1, -0.05) is 169 Å². The minimum atomic E-state index is -0.192. The van der Waals surface area contributed by atoms with Crippen molar-refractivity contribution in [2.75, 3.05) is 9.80 Å². The lowest BCUT2D eigenvalue weighted by Crippen LogP contribution is -2.57. The number of nitrogens with zero attached hydrogens (tertiary/aromatic N) is 3. The molecule has 9 aromatic carbocycles. The van der Waals surface area contributed by atoms with Crippen LogP contribution in [0.25, 0.3) is 55.2 Å². The summed E-state index contributed by atoms with van der Waals surface area (Å²) in [5.74, 6) is 3.08. The fourth-order valence-electron chi connectivity index (χ4n) is 17.9. The maximum absolute atomic E-state index is 2.87. The topological polar surface area (TPSA) is 11.4 Å². The van der Waals surface area contributed by atoms with E-state index in [1.54, 1.807) is 5.57 Å². The van der Waals surface area contributed by atoms with E-state index in [9.17, 15) is 0 Å². The highest BCUT2D eigenvalue weighted by Gasteiger charge is 2.50. The Bertz CT molecular complexity index is 4300. The zero-order valence-corrected chi connectivity index (χ0v) is 49.3. The lowest BCUT2D eigenvalue weighted by atomic mass is 9.44. The average Bonchev–Trinajstić information content (AvgIpc) is 2.53. The fourth-order valence-corrected chi connectivity index (χ4v) is 17.9. The van der Waals surface area contributed by atoms with E-state index in [4.69, 9.17) is 0 Å². The van der Waals surface area contributed by atoms with Gasteiger partial charge in [0.05, 0.1) is 5.69 Å². The van der Waals surface area contributed by atoms with Gasteiger partial charge in [-0.05, 0) is 232 Å². The minimum Gasteiger partial charge on any atom is -0.375 e. The van der Waals surface area contributed by atoms with Crippen LogP contribution in [0.2, 0.25) is 0 Å². The summed E-state index contributed by atoms with van der Waals surface area (Å²) < 4.78 is 2.87. The lowest BCUT2D eigenvalue weighted by molar-refractivity contribution is 0.162. The summed E-state index contributed by atoms with van der Waals surface area (Å²) in [5, 5.41) is 2.84. The summed E-state index contributed by atoms with van der Waals surface area (Å²) >= 11 is 0. The Labute approximate surface area is 491 Å². The molecular formula is C79H74BN3. The first-order valence-corrected chi connectivity index (χ1v) is 31.6. The highest BCUT2D eigenvalue weighted by Crippen LogP contribution is 2.59. The Kier molecular flexibility index (Phi) is 10.8. The molecule has 2 bridgehead atoms. The van der Waals surface area contributed by atoms with Crippen LogP contribution in [-0.2, 0) is 22.7 Å². The summed E-state index contributed by atoms with van der Waals surface area (Å²) in [7, 11) is 0. The summed E-state index contributed by atoms with van der Waals surface area (Å²) in [6.45, 7) is 14.9. The quantitative estimate of drug-likeness (QED) is 0.0999. The van der Waals surface area contributed by atoms with Gasteiger partial charge in [-0.3, -0.25) is 0 Å². The Balaban J connectivity index is 1.02. The number of aryl methyl sites for hydroxylation is 1. The van der Waals surface area contributed by atoms with Gasteiger partial charge in [0.25, 0.3) is 0 Å². The maximum atomic E-state index is 2.87. The predicted molar refractivity (Wildman–Crippen MR) is 351 cm³/mol. The van der Waals surface area contributed by atoms with Crippen molar-refractivity contribution < 1.29 is 0 Å². The zero-order chi connectivity index (χ0) is 55.7. The third kappa shape index (κ3) is 7.36. The molecule has 0 saturated heterocycles. The first kappa shape index (κ1) is 49.8. The van der Waals surface area contributed by atoms with Gasteiger partial charge in [0.1, 0.15) is 0 Å². The Hall–Kier alpha value is -7.82. The number of benzene rings is 9. The van der Waals surface area contributed by atoms with Crippen LogP contribution in [0, 0.1) is 23.7 Å². The van der Waals surface area contributed by atoms with Gasteiger partial charge in [0.2, 0.25) is 0 Å². The number of unbranched alkanes of at least 4 members (excludes halogenated alkanes) is 1. The molecule has 2 aliphatic heterocycles. The zero-order valence-electron chi connectivity index (χ0n) is 49.3. The van der Waals surface area contributed by atoms with Gasteiger partial charge in [-0.25, -0.2) is 0 Å². The Morgan fingerprint density at radius 3 is 2.00 bits per heavy atom. The van der Waals surface area contributed by atoms with Crippen LogP contribution < -0.4 is 20.7 Å². The van der Waals surface area contributed by atoms with Gasteiger partial charge >= 0.3 is 6.85 Å². The summed E-state index contributed by atoms with van der Waals surface area (Å²) in [4.78, 5) is 5.26. The van der Waals surface area contributed by atoms with E-state index in [2.05, 4.69) is 250 Å². The molecule has 4 atom stereocenters. The van der Waals surface area contributed by atoms with E-state index in [-0.39, 0.29) is 23.1 Å². The van der Waals surface area contributed by atoms with Crippen LogP contribution in [0.4, 0.5) is 34.1 Å². The highest BCUT2D eigenvalue weighted by molar-refractivity contribution is 6.90. The number of para-hydroxylation sites is 2. The van der Waals surface area contributed by atoms with Crippen molar-refractivity contribution in [3.8, 4) is 33.4 Å². The first-order chi connectivity index (χ1) is 40.5. The molecule has 0 amide bonds. The molecule has 5 aliphatic carbocycles. The third-order valence-electron chi connectivity index (χ3n) is 22.4. The molecule has 1 aromatic heterocycles. The molecule has 408 valence electrons. The fraction of sp³-hybridized carbons (Fsp3) is 0.291. The smallest absolute Gasteiger partial charge is 0.333 e. The van der Waals surface area contributed by atoms with E-state index in [1.807, 2.05) is 0 Å². The molecular weight excluding hydrogens is 1000 g/mol. The molecule has 0 spiro atoms. The largest absolute Gasteiger partial charge is 0.375 e. The first-order valence-electron chi connectivity index (χ1n) is 31.6. The number of allylic oxidation sites excluding steroid dienone is 2. The van der Waals surface area contributed by atoms with Gasteiger partial charge in [-0.15, -0.1) is 0 Å². The second-order valence-corrected chi connectivity index (χ2v) is 27.7. The lowest BCUT2D eigenvalue weighted by Gasteiger charge is -2.44. The number of hydrogen-bond acceptors (Lipinski definition) is 2. The molecule has 83 heavy (non-hydrogen) atoms. The maximum Gasteiger partial charge on any atom is 0.333 e. The van der Waals surface area contributed by atoms with Crippen LogP contribution in [0.5, 0.6) is 0 Å². The van der Waals surface area contributed by atoms with Crippen LogP contribution in [0.3, 0.4) is 0 Å². The van der Waals surface area contributed by atoms with E-state index in [1.165, 1.54) is 150 Å². The second kappa shape index (κ2) is 18.1. The van der Waals surface area contributed by atoms with Crippen LogP contribution >= 0.6 is 0 Å². The van der Waals surface area contributed by atoms with Crippen molar-refractivity contribution in [2.24, 2.45) is 23.7 Å². The van der Waals surface area contributed by atoms with E-state index in [0.717, 1.165) is 66.4 Å². The van der Waals surface area contributed by atoms with Crippen molar-refractivity contribution in [2.45, 2.75) is 122 Å². The molecule has 3 nitrogen and oxygen atoms in total. The predicted octanol–water partition coefficient (Wildman–Crippen LogP) is 19.7. The number of aromatic nitrogens is 1. The number of rotatable bonds is 10. The standard InChI is InChI=1S/C79H74BN3/c1-7-8-20-50-29-33-71(62(37-50)51-21-12-9-13-22-51)82-73-44-63-61-27-18-19-28-68(61)77(3,4)69(63)45-70(73)80-75-65(42-60(43-74(75)82)81(58-23-14-10-15-24-58)59-25-16-11-17-26-59)67-41-57(79(6)46-53-30-31-54(47-79)49(53)2)40-66-64-39-56(32-34-72(64)83(80)76(66)67)78(5)36-35-52-38-55(52)48-78/h9-19,21-29,32-35,37,39-45,49,53-55H,7-8,20,30-31,36,38,46-48H2,1-6H3. The van der Waals surface area contributed by atoms with Crippen molar-refractivity contribution in [1.82, 2.24) is 4.48 Å². The molecule has 7 aliphatic rings. The Morgan fingerprint density at radius 1 is 0.554 bits per heavy atom. The Morgan fingerprint density at radius 2 is 1.27 bits per heavy atom. The van der Waals surface area contributed by atoms with E-state index >= 15 is 0 Å². The molecule has 0 N–H and O–H groups in total. The molecule has 3 heterocycles. The minimum absolute atomic E-state index is 0.0656. The van der Waals surface area contributed by atoms with Gasteiger partial charge in [0, 0.05) is 66.8 Å². The monoisotopic (exact) mass is 1080 g/mol. The summed E-state index contributed by atoms with van der Waals surface area (Å²) in [6, 6.07) is 74.1. The SMILES string of the molecule is CCCCc1ccc(N2c3cc4c(cc3B3c5c(cc(N(c6ccccc6)c6ccccc6)cc52)-c2cc(C5(C)CC6CCC(C5)C6C)cc5c6cc(C7(C)CC=C8CC8C7)ccc6n3c25)C(C)(C)c2ccccc2-4)c(-c2ccccc2)c1. The number of fused-ring (bicyclic) bond motifs is 13. The molecule has 4 heteroatoms. The highest BCUT2D eigenvalue weighted by atomic mass is 15.2.